The lowest BCUT2D eigenvalue weighted by Gasteiger charge is -2.41. The molecule has 0 N–H and O–H groups in total. The molecule has 0 unspecified atom stereocenters. The van der Waals surface area contributed by atoms with Gasteiger partial charge in [-0.2, -0.15) is 5.26 Å². The van der Waals surface area contributed by atoms with Gasteiger partial charge in [-0.1, -0.05) is 51.5 Å². The van der Waals surface area contributed by atoms with Crippen LogP contribution in [0.1, 0.15) is 110 Å². The highest BCUT2D eigenvalue weighted by atomic mass is 14.4. The quantitative estimate of drug-likeness (QED) is 0.416. The predicted molar refractivity (Wildman–Crippen MR) is 115 cm³/mol. The molecule has 3 aliphatic carbocycles. The van der Waals surface area contributed by atoms with E-state index in [0.717, 1.165) is 29.6 Å². The molecule has 0 aliphatic heterocycles. The van der Waals surface area contributed by atoms with Crippen LogP contribution in [0.25, 0.3) is 0 Å². The van der Waals surface area contributed by atoms with Crippen molar-refractivity contribution >= 4 is 0 Å². The third kappa shape index (κ3) is 5.62. The molecule has 0 aromatic rings. The van der Waals surface area contributed by atoms with E-state index in [4.69, 9.17) is 0 Å². The maximum Gasteiger partial charge on any atom is 0.0689 e. The van der Waals surface area contributed by atoms with Crippen molar-refractivity contribution in [2.45, 2.75) is 110 Å². The maximum absolute atomic E-state index is 9.99. The summed E-state index contributed by atoms with van der Waals surface area (Å²) in [7, 11) is 0. The van der Waals surface area contributed by atoms with Gasteiger partial charge in [0.05, 0.1) is 11.5 Å². The Bertz CT molecular complexity index is 477. The van der Waals surface area contributed by atoms with Crippen LogP contribution in [-0.4, -0.2) is 0 Å². The average Bonchev–Trinajstić information content (AvgIpc) is 2.74. The predicted octanol–water partition coefficient (Wildman–Crippen LogP) is 8.07. The first kappa shape index (κ1) is 21.0. The van der Waals surface area contributed by atoms with Crippen molar-refractivity contribution in [1.82, 2.24) is 0 Å². The fourth-order valence-electron chi connectivity index (χ4n) is 6.63. The first-order valence-corrected chi connectivity index (χ1v) is 12.2. The van der Waals surface area contributed by atoms with E-state index in [-0.39, 0.29) is 5.41 Å². The topological polar surface area (TPSA) is 23.8 Å². The summed E-state index contributed by atoms with van der Waals surface area (Å²) < 4.78 is 0. The van der Waals surface area contributed by atoms with Crippen LogP contribution in [-0.2, 0) is 0 Å². The van der Waals surface area contributed by atoms with Crippen molar-refractivity contribution in [1.29, 1.82) is 5.26 Å². The second kappa shape index (κ2) is 10.1. The number of hydrogen-bond acceptors (Lipinski definition) is 1. The second-order valence-electron chi connectivity index (χ2n) is 10.4. The summed E-state index contributed by atoms with van der Waals surface area (Å²) in [6, 6.07) is 2.81. The molecule has 0 aromatic carbocycles. The summed E-state index contributed by atoms with van der Waals surface area (Å²) in [5, 5.41) is 9.99. The van der Waals surface area contributed by atoms with Crippen LogP contribution in [0, 0.1) is 46.3 Å². The highest BCUT2D eigenvalue weighted by molar-refractivity contribution is 5.02. The second-order valence-corrected chi connectivity index (χ2v) is 10.4. The molecule has 3 fully saturated rings. The minimum Gasteiger partial charge on any atom is -0.198 e. The molecule has 0 spiro atoms. The molecule has 3 rings (SSSR count). The zero-order valence-corrected chi connectivity index (χ0v) is 17.9. The summed E-state index contributed by atoms with van der Waals surface area (Å²) in [5.41, 5.74) is 0.0229. The lowest BCUT2D eigenvalue weighted by atomic mass is 9.63. The molecule has 1 heteroatoms. The SMILES string of the molecule is C=CC1CCC(C2CCC(C#N)(CCC3CCC(CCC)CC3)CC2)CC1. The molecule has 152 valence electrons. The van der Waals surface area contributed by atoms with Crippen LogP contribution in [0.2, 0.25) is 0 Å². The van der Waals surface area contributed by atoms with Gasteiger partial charge in [0.2, 0.25) is 0 Å². The average molecular weight is 370 g/mol. The third-order valence-corrected chi connectivity index (χ3v) is 8.74. The molecule has 0 heterocycles. The first-order valence-electron chi connectivity index (χ1n) is 12.2. The molecule has 0 atom stereocenters. The van der Waals surface area contributed by atoms with Gasteiger partial charge < -0.3 is 0 Å². The Morgan fingerprint density at radius 3 is 1.93 bits per heavy atom. The van der Waals surface area contributed by atoms with Gasteiger partial charge in [0.15, 0.2) is 0 Å². The molecule has 1 nitrogen and oxygen atoms in total. The molecule has 0 radical (unpaired) electrons. The number of rotatable bonds is 7. The van der Waals surface area contributed by atoms with Crippen LogP contribution < -0.4 is 0 Å². The molecular formula is C26H43N. The van der Waals surface area contributed by atoms with Gasteiger partial charge in [-0.25, -0.2) is 0 Å². The zero-order chi connectivity index (χ0) is 19.1. The molecule has 0 bridgehead atoms. The van der Waals surface area contributed by atoms with Crippen molar-refractivity contribution in [3.8, 4) is 6.07 Å². The van der Waals surface area contributed by atoms with E-state index in [1.807, 2.05) is 0 Å². The number of allylic oxidation sites excluding steroid dienone is 1. The fourth-order valence-corrected chi connectivity index (χ4v) is 6.63. The third-order valence-electron chi connectivity index (χ3n) is 8.74. The Balaban J connectivity index is 1.41. The lowest BCUT2D eigenvalue weighted by molar-refractivity contribution is 0.115. The molecular weight excluding hydrogens is 326 g/mol. The van der Waals surface area contributed by atoms with Crippen LogP contribution in [0.5, 0.6) is 0 Å². The molecule has 3 aliphatic rings. The smallest absolute Gasteiger partial charge is 0.0689 e. The summed E-state index contributed by atoms with van der Waals surface area (Å²) in [4.78, 5) is 0. The summed E-state index contributed by atoms with van der Waals surface area (Å²) in [6.07, 6.45) is 23.8. The Morgan fingerprint density at radius 2 is 1.41 bits per heavy atom. The Morgan fingerprint density at radius 1 is 0.852 bits per heavy atom. The monoisotopic (exact) mass is 369 g/mol. The maximum atomic E-state index is 9.99. The van der Waals surface area contributed by atoms with Crippen molar-refractivity contribution in [3.63, 3.8) is 0 Å². The van der Waals surface area contributed by atoms with E-state index in [2.05, 4.69) is 25.6 Å². The number of nitrogens with zero attached hydrogens (tertiary/aromatic N) is 1. The van der Waals surface area contributed by atoms with Gasteiger partial charge in [-0.3, -0.25) is 0 Å². The van der Waals surface area contributed by atoms with E-state index in [9.17, 15) is 5.26 Å². The van der Waals surface area contributed by atoms with Crippen LogP contribution in [0.3, 0.4) is 0 Å². The van der Waals surface area contributed by atoms with E-state index < -0.39 is 0 Å². The molecule has 0 aromatic heterocycles. The normalized spacial score (nSPS) is 40.2. The Labute approximate surface area is 169 Å². The Kier molecular flexibility index (Phi) is 7.86. The minimum atomic E-state index is 0.0229. The number of nitriles is 1. The van der Waals surface area contributed by atoms with E-state index in [0.29, 0.717) is 0 Å². The van der Waals surface area contributed by atoms with Gasteiger partial charge in [-0.05, 0) is 93.8 Å². The van der Waals surface area contributed by atoms with E-state index in [1.54, 1.807) is 0 Å². The molecule has 27 heavy (non-hydrogen) atoms. The highest BCUT2D eigenvalue weighted by Crippen LogP contribution is 2.48. The van der Waals surface area contributed by atoms with E-state index in [1.165, 1.54) is 103 Å². The van der Waals surface area contributed by atoms with Gasteiger partial charge in [0, 0.05) is 0 Å². The van der Waals surface area contributed by atoms with Crippen LogP contribution in [0.4, 0.5) is 0 Å². The highest BCUT2D eigenvalue weighted by Gasteiger charge is 2.38. The molecule has 3 saturated carbocycles. The van der Waals surface area contributed by atoms with Gasteiger partial charge >= 0.3 is 0 Å². The summed E-state index contributed by atoms with van der Waals surface area (Å²) >= 11 is 0. The van der Waals surface area contributed by atoms with Crippen molar-refractivity contribution in [3.05, 3.63) is 12.7 Å². The summed E-state index contributed by atoms with van der Waals surface area (Å²) in [6.45, 7) is 6.31. The first-order chi connectivity index (χ1) is 13.2. The minimum absolute atomic E-state index is 0.0229. The fraction of sp³-hybridized carbons (Fsp3) is 0.885. The Hall–Kier alpha value is -0.770. The molecule has 0 amide bonds. The van der Waals surface area contributed by atoms with Gasteiger partial charge in [0.25, 0.3) is 0 Å². The standard InChI is InChI=1S/C26H43N/c1-3-5-22-6-8-23(9-7-22)14-17-26(20-27)18-15-25(16-19-26)24-12-10-21(4-2)11-13-24/h4,21-25H,2-3,5-19H2,1H3. The molecule has 0 saturated heterocycles. The van der Waals surface area contributed by atoms with Crippen molar-refractivity contribution in [2.24, 2.45) is 35.0 Å². The van der Waals surface area contributed by atoms with Crippen LogP contribution in [0.15, 0.2) is 12.7 Å². The van der Waals surface area contributed by atoms with E-state index >= 15 is 0 Å². The van der Waals surface area contributed by atoms with Crippen molar-refractivity contribution in [2.75, 3.05) is 0 Å². The van der Waals surface area contributed by atoms with Crippen molar-refractivity contribution < 1.29 is 0 Å². The lowest BCUT2D eigenvalue weighted by Crippen LogP contribution is -2.31. The van der Waals surface area contributed by atoms with Gasteiger partial charge in [0.1, 0.15) is 0 Å². The van der Waals surface area contributed by atoms with Gasteiger partial charge in [-0.15, -0.1) is 6.58 Å². The zero-order valence-electron chi connectivity index (χ0n) is 17.9. The largest absolute Gasteiger partial charge is 0.198 e. The number of hydrogen-bond donors (Lipinski definition) is 0. The summed E-state index contributed by atoms with van der Waals surface area (Å²) in [5.74, 6) is 4.53. The van der Waals surface area contributed by atoms with Crippen LogP contribution >= 0.6 is 0 Å².